The summed E-state index contributed by atoms with van der Waals surface area (Å²) in [4.78, 5) is 13.9. The summed E-state index contributed by atoms with van der Waals surface area (Å²) in [6.07, 6.45) is 6.91. The minimum atomic E-state index is -0.0993. The number of aryl methyl sites for hydroxylation is 1. The Morgan fingerprint density at radius 2 is 2.20 bits per heavy atom. The topological polar surface area (TPSA) is 65.8 Å². The Labute approximate surface area is 146 Å². The molecule has 25 heavy (non-hydrogen) atoms. The molecule has 1 aromatic heterocycles. The molecule has 3 rings (SSSR count). The van der Waals surface area contributed by atoms with Crippen LogP contribution < -0.4 is 14.2 Å². The van der Waals surface area contributed by atoms with E-state index in [4.69, 9.17) is 14.2 Å². The second kappa shape index (κ2) is 7.29. The van der Waals surface area contributed by atoms with Crippen LogP contribution in [0.2, 0.25) is 0 Å². The zero-order chi connectivity index (χ0) is 17.8. The highest BCUT2D eigenvalue weighted by atomic mass is 16.6. The molecule has 0 aliphatic carbocycles. The highest BCUT2D eigenvalue weighted by molar-refractivity contribution is 5.91. The zero-order valence-electron chi connectivity index (χ0n) is 14.6. The van der Waals surface area contributed by atoms with E-state index >= 15 is 0 Å². The predicted octanol–water partition coefficient (Wildman–Crippen LogP) is 1.87. The number of methoxy groups -OCH3 is 1. The van der Waals surface area contributed by atoms with Crippen molar-refractivity contribution in [3.05, 3.63) is 41.7 Å². The molecule has 0 radical (unpaired) electrons. The fraction of sp³-hybridized carbons (Fsp3) is 0.333. The van der Waals surface area contributed by atoms with Gasteiger partial charge in [-0.05, 0) is 23.8 Å². The van der Waals surface area contributed by atoms with Crippen LogP contribution in [-0.2, 0) is 18.4 Å². The van der Waals surface area contributed by atoms with E-state index < -0.39 is 0 Å². The zero-order valence-corrected chi connectivity index (χ0v) is 14.6. The first-order chi connectivity index (χ1) is 12.1. The van der Waals surface area contributed by atoms with Gasteiger partial charge < -0.3 is 19.1 Å². The van der Waals surface area contributed by atoms with Gasteiger partial charge in [0.2, 0.25) is 11.7 Å². The van der Waals surface area contributed by atoms with E-state index in [-0.39, 0.29) is 5.91 Å². The molecule has 0 N–H and O–H groups in total. The number of hydrogen-bond donors (Lipinski definition) is 0. The van der Waals surface area contributed by atoms with Crippen molar-refractivity contribution in [3.63, 3.8) is 0 Å². The first-order valence-electron chi connectivity index (χ1n) is 7.95. The van der Waals surface area contributed by atoms with E-state index in [0.717, 1.165) is 11.1 Å². The van der Waals surface area contributed by atoms with E-state index in [1.165, 1.54) is 6.08 Å². The molecule has 0 spiro atoms. The average molecular weight is 343 g/mol. The van der Waals surface area contributed by atoms with Crippen LogP contribution in [0.15, 0.2) is 30.6 Å². The Balaban J connectivity index is 1.71. The standard InChI is InChI=1S/C18H21N3O4/c1-20(11-14-10-19-21(2)12-14)17(22)5-4-13-8-15(23-3)18-16(9-13)24-6-7-25-18/h4-5,8-10,12H,6-7,11H2,1-3H3/b5-4+. The molecule has 0 saturated carbocycles. The molecule has 0 atom stereocenters. The number of hydrogen-bond acceptors (Lipinski definition) is 5. The number of aromatic nitrogens is 2. The minimum absolute atomic E-state index is 0.0993. The van der Waals surface area contributed by atoms with Crippen LogP contribution in [0.5, 0.6) is 17.2 Å². The minimum Gasteiger partial charge on any atom is -0.493 e. The number of carbonyl (C=O) groups excluding carboxylic acids is 1. The molecule has 7 heteroatoms. The summed E-state index contributed by atoms with van der Waals surface area (Å²) < 4.78 is 18.2. The van der Waals surface area contributed by atoms with Crippen molar-refractivity contribution in [1.82, 2.24) is 14.7 Å². The molecule has 1 amide bonds. The van der Waals surface area contributed by atoms with Gasteiger partial charge in [0.05, 0.1) is 13.3 Å². The lowest BCUT2D eigenvalue weighted by atomic mass is 10.1. The number of fused-ring (bicyclic) bond motifs is 1. The fourth-order valence-electron chi connectivity index (χ4n) is 2.59. The van der Waals surface area contributed by atoms with Gasteiger partial charge in [-0.25, -0.2) is 0 Å². The van der Waals surface area contributed by atoms with Gasteiger partial charge in [-0.1, -0.05) is 0 Å². The molecule has 2 aromatic rings. The second-order valence-electron chi connectivity index (χ2n) is 5.80. The number of nitrogens with zero attached hydrogens (tertiary/aromatic N) is 3. The lowest BCUT2D eigenvalue weighted by molar-refractivity contribution is -0.125. The summed E-state index contributed by atoms with van der Waals surface area (Å²) in [5.41, 5.74) is 1.79. The molecule has 7 nitrogen and oxygen atoms in total. The van der Waals surface area contributed by atoms with E-state index in [1.54, 1.807) is 36.0 Å². The Morgan fingerprint density at radius 1 is 1.40 bits per heavy atom. The molecule has 0 bridgehead atoms. The number of ether oxygens (including phenoxy) is 3. The smallest absolute Gasteiger partial charge is 0.246 e. The normalized spacial score (nSPS) is 13.1. The highest BCUT2D eigenvalue weighted by Gasteiger charge is 2.18. The number of likely N-dealkylation sites (N-methyl/N-ethyl adjacent to an activating group) is 1. The van der Waals surface area contributed by atoms with E-state index in [0.29, 0.717) is 37.0 Å². The lowest BCUT2D eigenvalue weighted by Crippen LogP contribution is -2.23. The molecule has 132 valence electrons. The maximum atomic E-state index is 12.3. The van der Waals surface area contributed by atoms with Gasteiger partial charge in [0, 0.05) is 38.5 Å². The van der Waals surface area contributed by atoms with Crippen molar-refractivity contribution in [2.75, 3.05) is 27.4 Å². The van der Waals surface area contributed by atoms with Crippen LogP contribution in [0.4, 0.5) is 0 Å². The Morgan fingerprint density at radius 3 is 2.92 bits per heavy atom. The quantitative estimate of drug-likeness (QED) is 0.776. The monoisotopic (exact) mass is 343 g/mol. The Hall–Kier alpha value is -2.96. The van der Waals surface area contributed by atoms with Gasteiger partial charge in [0.15, 0.2) is 11.5 Å². The largest absolute Gasteiger partial charge is 0.493 e. The van der Waals surface area contributed by atoms with Crippen LogP contribution in [0, 0.1) is 0 Å². The SMILES string of the molecule is COc1cc(/C=C/C(=O)N(C)Cc2cnn(C)c2)cc2c1OCCO2. The van der Waals surface area contributed by atoms with E-state index in [9.17, 15) is 4.79 Å². The Bertz CT molecular complexity index is 780. The molecule has 1 aromatic carbocycles. The third-order valence-corrected chi connectivity index (χ3v) is 3.82. The Kier molecular flexibility index (Phi) is 4.92. The molecule has 0 unspecified atom stereocenters. The fourth-order valence-corrected chi connectivity index (χ4v) is 2.59. The van der Waals surface area contributed by atoms with E-state index in [2.05, 4.69) is 5.10 Å². The predicted molar refractivity (Wildman–Crippen MR) is 92.7 cm³/mol. The summed E-state index contributed by atoms with van der Waals surface area (Å²) in [5.74, 6) is 1.72. The number of carbonyl (C=O) groups is 1. The molecular weight excluding hydrogens is 322 g/mol. The number of rotatable bonds is 5. The van der Waals surface area contributed by atoms with Crippen molar-refractivity contribution in [2.24, 2.45) is 7.05 Å². The van der Waals surface area contributed by atoms with Crippen molar-refractivity contribution in [1.29, 1.82) is 0 Å². The van der Waals surface area contributed by atoms with Crippen LogP contribution in [0.3, 0.4) is 0 Å². The third kappa shape index (κ3) is 3.93. The molecule has 0 saturated heterocycles. The van der Waals surface area contributed by atoms with Gasteiger partial charge in [-0.2, -0.15) is 5.10 Å². The summed E-state index contributed by atoms with van der Waals surface area (Å²) >= 11 is 0. The molecular formula is C18H21N3O4. The van der Waals surface area contributed by atoms with Gasteiger partial charge in [-0.15, -0.1) is 0 Å². The summed E-state index contributed by atoms with van der Waals surface area (Å²) in [6, 6.07) is 3.65. The highest BCUT2D eigenvalue weighted by Crippen LogP contribution is 2.40. The molecule has 1 aliphatic heterocycles. The van der Waals surface area contributed by atoms with Gasteiger partial charge in [-0.3, -0.25) is 9.48 Å². The molecule has 1 aliphatic rings. The first kappa shape index (κ1) is 16.9. The van der Waals surface area contributed by atoms with Gasteiger partial charge >= 0.3 is 0 Å². The average Bonchev–Trinajstić information content (AvgIpc) is 3.03. The third-order valence-electron chi connectivity index (χ3n) is 3.82. The first-order valence-corrected chi connectivity index (χ1v) is 7.95. The molecule has 0 fully saturated rings. The van der Waals surface area contributed by atoms with Crippen molar-refractivity contribution in [3.8, 4) is 17.2 Å². The van der Waals surface area contributed by atoms with Crippen molar-refractivity contribution in [2.45, 2.75) is 6.54 Å². The summed E-state index contributed by atoms with van der Waals surface area (Å²) in [7, 11) is 5.18. The van der Waals surface area contributed by atoms with Crippen molar-refractivity contribution < 1.29 is 19.0 Å². The lowest BCUT2D eigenvalue weighted by Gasteiger charge is -2.21. The van der Waals surface area contributed by atoms with Gasteiger partial charge in [0.1, 0.15) is 13.2 Å². The van der Waals surface area contributed by atoms with Gasteiger partial charge in [0.25, 0.3) is 0 Å². The summed E-state index contributed by atoms with van der Waals surface area (Å²) in [6.45, 7) is 1.49. The maximum Gasteiger partial charge on any atom is 0.246 e. The van der Waals surface area contributed by atoms with Crippen LogP contribution in [0.25, 0.3) is 6.08 Å². The van der Waals surface area contributed by atoms with Crippen molar-refractivity contribution >= 4 is 12.0 Å². The molecule has 2 heterocycles. The second-order valence-corrected chi connectivity index (χ2v) is 5.80. The number of amides is 1. The van der Waals surface area contributed by atoms with E-state index in [1.807, 2.05) is 25.4 Å². The number of benzene rings is 1. The van der Waals surface area contributed by atoms with Crippen LogP contribution >= 0.6 is 0 Å². The van der Waals surface area contributed by atoms with Crippen LogP contribution in [-0.4, -0.2) is 48.0 Å². The summed E-state index contributed by atoms with van der Waals surface area (Å²) in [5, 5.41) is 4.10. The maximum absolute atomic E-state index is 12.3. The van der Waals surface area contributed by atoms with Crippen LogP contribution in [0.1, 0.15) is 11.1 Å².